The number of nitrogens with zero attached hydrogens (tertiary/aromatic N) is 2. The van der Waals surface area contributed by atoms with Gasteiger partial charge in [0.1, 0.15) is 6.10 Å². The van der Waals surface area contributed by atoms with Gasteiger partial charge < -0.3 is 15.2 Å². The number of rotatable bonds is 3. The Morgan fingerprint density at radius 2 is 2.24 bits per heavy atom. The van der Waals surface area contributed by atoms with Crippen LogP contribution in [0.3, 0.4) is 0 Å². The molecule has 1 fully saturated rings. The maximum absolute atomic E-state index is 11.7. The molecule has 1 aromatic heterocycles. The van der Waals surface area contributed by atoms with Crippen molar-refractivity contribution in [2.24, 2.45) is 7.05 Å². The maximum atomic E-state index is 11.7. The first-order valence-corrected chi connectivity index (χ1v) is 5.24. The van der Waals surface area contributed by atoms with Crippen molar-refractivity contribution in [3.8, 4) is 0 Å². The number of aryl methyl sites for hydroxylation is 1. The quantitative estimate of drug-likeness (QED) is 0.773. The molecule has 17 heavy (non-hydrogen) atoms. The summed E-state index contributed by atoms with van der Waals surface area (Å²) in [7, 11) is 1.74. The summed E-state index contributed by atoms with van der Waals surface area (Å²) in [6.07, 6.45) is 2.38. The number of aliphatic carboxylic acids is 1. The van der Waals surface area contributed by atoms with Gasteiger partial charge in [0.05, 0.1) is 11.9 Å². The molecule has 0 spiro atoms. The molecule has 1 aliphatic heterocycles. The molecule has 2 rings (SSSR count). The van der Waals surface area contributed by atoms with Crippen molar-refractivity contribution in [3.63, 3.8) is 0 Å². The van der Waals surface area contributed by atoms with Crippen LogP contribution in [0.5, 0.6) is 0 Å². The molecule has 0 aliphatic carbocycles. The van der Waals surface area contributed by atoms with Crippen LogP contribution in [0.4, 0.5) is 5.69 Å². The summed E-state index contributed by atoms with van der Waals surface area (Å²) in [5, 5.41) is 15.3. The largest absolute Gasteiger partial charge is 0.479 e. The Morgan fingerprint density at radius 3 is 2.76 bits per heavy atom. The van der Waals surface area contributed by atoms with E-state index in [1.165, 1.54) is 6.20 Å². The summed E-state index contributed by atoms with van der Waals surface area (Å²) < 4.78 is 6.69. The van der Waals surface area contributed by atoms with Crippen molar-refractivity contribution in [2.45, 2.75) is 25.0 Å². The molecule has 2 N–H and O–H groups in total. The number of carboxylic acids is 1. The van der Waals surface area contributed by atoms with Gasteiger partial charge in [-0.05, 0) is 12.8 Å². The number of carbonyl (C=O) groups is 2. The molecule has 0 saturated carbocycles. The molecule has 0 aromatic carbocycles. The minimum absolute atomic E-state index is 0.332. The van der Waals surface area contributed by atoms with Crippen LogP contribution in [0, 0.1) is 0 Å². The number of carbonyl (C=O) groups excluding carboxylic acids is 1. The second kappa shape index (κ2) is 4.54. The van der Waals surface area contributed by atoms with Crippen LogP contribution in [0.2, 0.25) is 0 Å². The molecular weight excluding hydrogens is 226 g/mol. The number of anilines is 1. The van der Waals surface area contributed by atoms with Gasteiger partial charge in [-0.15, -0.1) is 0 Å². The monoisotopic (exact) mass is 239 g/mol. The Kier molecular flexibility index (Phi) is 3.10. The van der Waals surface area contributed by atoms with E-state index in [0.29, 0.717) is 18.5 Å². The van der Waals surface area contributed by atoms with Gasteiger partial charge in [-0.1, -0.05) is 0 Å². The van der Waals surface area contributed by atoms with Crippen molar-refractivity contribution in [1.82, 2.24) is 9.78 Å². The number of hydrogen-bond donors (Lipinski definition) is 2. The molecule has 0 bridgehead atoms. The van der Waals surface area contributed by atoms with Gasteiger partial charge in [0.25, 0.3) is 5.91 Å². The second-order valence-electron chi connectivity index (χ2n) is 3.92. The Hall–Kier alpha value is -1.89. The molecule has 7 nitrogen and oxygen atoms in total. The molecular formula is C10H13N3O4. The van der Waals surface area contributed by atoms with E-state index in [9.17, 15) is 9.59 Å². The normalized spacial score (nSPS) is 23.6. The van der Waals surface area contributed by atoms with Crippen LogP contribution in [-0.2, 0) is 21.4 Å². The molecule has 2 unspecified atom stereocenters. The Labute approximate surface area is 97.4 Å². The fourth-order valence-corrected chi connectivity index (χ4v) is 1.72. The number of aromatic nitrogens is 2. The standard InChI is InChI=1S/C10H13N3O4/c1-13-5-6(4-11-13)12-9(14)7-2-3-8(17-7)10(15)16/h4-5,7-8H,2-3H2,1H3,(H,12,14)(H,15,16). The number of amides is 1. The number of hydrogen-bond acceptors (Lipinski definition) is 4. The summed E-state index contributed by atoms with van der Waals surface area (Å²) in [6, 6.07) is 0. The third kappa shape index (κ3) is 2.62. The molecule has 2 heterocycles. The zero-order valence-corrected chi connectivity index (χ0v) is 9.29. The van der Waals surface area contributed by atoms with Crippen molar-refractivity contribution in [1.29, 1.82) is 0 Å². The Bertz CT molecular complexity index is 443. The van der Waals surface area contributed by atoms with Gasteiger partial charge in [0.2, 0.25) is 0 Å². The molecule has 1 saturated heterocycles. The number of nitrogens with one attached hydrogen (secondary N) is 1. The summed E-state index contributed by atoms with van der Waals surface area (Å²) in [5.74, 6) is -1.36. The lowest BCUT2D eigenvalue weighted by atomic mass is 10.2. The predicted molar refractivity (Wildman–Crippen MR) is 57.4 cm³/mol. The maximum Gasteiger partial charge on any atom is 0.332 e. The molecule has 0 radical (unpaired) electrons. The van der Waals surface area contributed by atoms with E-state index in [1.807, 2.05) is 0 Å². The van der Waals surface area contributed by atoms with Crippen molar-refractivity contribution in [2.75, 3.05) is 5.32 Å². The third-order valence-corrected chi connectivity index (χ3v) is 2.56. The Balaban J connectivity index is 1.91. The Morgan fingerprint density at radius 1 is 1.53 bits per heavy atom. The van der Waals surface area contributed by atoms with E-state index in [1.54, 1.807) is 17.9 Å². The number of ether oxygens (including phenoxy) is 1. The van der Waals surface area contributed by atoms with Crippen LogP contribution < -0.4 is 5.32 Å². The van der Waals surface area contributed by atoms with E-state index in [2.05, 4.69) is 10.4 Å². The summed E-state index contributed by atoms with van der Waals surface area (Å²) in [4.78, 5) is 22.4. The molecule has 7 heteroatoms. The van der Waals surface area contributed by atoms with Crippen LogP contribution in [0.1, 0.15) is 12.8 Å². The van der Waals surface area contributed by atoms with Crippen molar-refractivity contribution < 1.29 is 19.4 Å². The highest BCUT2D eigenvalue weighted by molar-refractivity contribution is 5.94. The van der Waals surface area contributed by atoms with Gasteiger partial charge in [0.15, 0.2) is 6.10 Å². The molecule has 92 valence electrons. The second-order valence-corrected chi connectivity index (χ2v) is 3.92. The smallest absolute Gasteiger partial charge is 0.332 e. The highest BCUT2D eigenvalue weighted by atomic mass is 16.5. The minimum atomic E-state index is -1.03. The van der Waals surface area contributed by atoms with E-state index >= 15 is 0 Å². The summed E-state index contributed by atoms with van der Waals surface area (Å²) in [5.41, 5.74) is 0.569. The van der Waals surface area contributed by atoms with Crippen LogP contribution >= 0.6 is 0 Å². The topological polar surface area (TPSA) is 93.5 Å². The molecule has 1 amide bonds. The third-order valence-electron chi connectivity index (χ3n) is 2.56. The van der Waals surface area contributed by atoms with Crippen LogP contribution in [0.25, 0.3) is 0 Å². The lowest BCUT2D eigenvalue weighted by molar-refractivity contribution is -0.150. The average molecular weight is 239 g/mol. The lowest BCUT2D eigenvalue weighted by Gasteiger charge is -2.10. The molecule has 1 aliphatic rings. The van der Waals surface area contributed by atoms with Gasteiger partial charge in [0, 0.05) is 13.2 Å². The number of carboxylic acid groups (broad SMARTS) is 1. The summed E-state index contributed by atoms with van der Waals surface area (Å²) in [6.45, 7) is 0. The first-order chi connectivity index (χ1) is 8.06. The zero-order valence-electron chi connectivity index (χ0n) is 9.29. The van der Waals surface area contributed by atoms with E-state index < -0.39 is 18.2 Å². The van der Waals surface area contributed by atoms with Crippen molar-refractivity contribution in [3.05, 3.63) is 12.4 Å². The first kappa shape index (κ1) is 11.6. The van der Waals surface area contributed by atoms with Gasteiger partial charge in [-0.2, -0.15) is 5.10 Å². The van der Waals surface area contributed by atoms with E-state index in [0.717, 1.165) is 0 Å². The van der Waals surface area contributed by atoms with Gasteiger partial charge >= 0.3 is 5.97 Å². The summed E-state index contributed by atoms with van der Waals surface area (Å²) >= 11 is 0. The minimum Gasteiger partial charge on any atom is -0.479 e. The highest BCUT2D eigenvalue weighted by Gasteiger charge is 2.34. The van der Waals surface area contributed by atoms with Crippen molar-refractivity contribution >= 4 is 17.6 Å². The predicted octanol–water partition coefficient (Wildman–Crippen LogP) is -0.00920. The van der Waals surface area contributed by atoms with E-state index in [4.69, 9.17) is 9.84 Å². The van der Waals surface area contributed by atoms with Crippen LogP contribution in [-0.4, -0.2) is 39.0 Å². The SMILES string of the molecule is Cn1cc(NC(=O)C2CCC(C(=O)O)O2)cn1. The fourth-order valence-electron chi connectivity index (χ4n) is 1.72. The zero-order chi connectivity index (χ0) is 12.4. The lowest BCUT2D eigenvalue weighted by Crippen LogP contribution is -2.29. The molecule has 2 atom stereocenters. The van der Waals surface area contributed by atoms with Gasteiger partial charge in [-0.3, -0.25) is 9.48 Å². The average Bonchev–Trinajstić information content (AvgIpc) is 2.86. The van der Waals surface area contributed by atoms with Gasteiger partial charge in [-0.25, -0.2) is 4.79 Å². The highest BCUT2D eigenvalue weighted by Crippen LogP contribution is 2.21. The fraction of sp³-hybridized carbons (Fsp3) is 0.500. The molecule has 1 aromatic rings. The first-order valence-electron chi connectivity index (χ1n) is 5.24. The van der Waals surface area contributed by atoms with E-state index in [-0.39, 0.29) is 5.91 Å². The van der Waals surface area contributed by atoms with Crippen LogP contribution in [0.15, 0.2) is 12.4 Å².